The quantitative estimate of drug-likeness (QED) is 0.0445. The number of esters is 1. The number of pyridine rings is 3. The van der Waals surface area contributed by atoms with Crippen molar-refractivity contribution < 1.29 is 81.3 Å². The van der Waals surface area contributed by atoms with Gasteiger partial charge in [0.1, 0.15) is 31.1 Å². The number of carbonyl (C=O) groups excluding carboxylic acids is 13. The fraction of sp³-hybridized carbons (Fsp3) is 0.465. The number of hydrogen-bond acceptors (Lipinski definition) is 20. The molecule has 0 radical (unpaired) electrons. The van der Waals surface area contributed by atoms with E-state index in [2.05, 4.69) is 26.3 Å². The Labute approximate surface area is 603 Å². The third-order valence-electron chi connectivity index (χ3n) is 19.5. The van der Waals surface area contributed by atoms with E-state index in [1.54, 1.807) is 51.2 Å². The van der Waals surface area contributed by atoms with Crippen molar-refractivity contribution in [3.63, 3.8) is 0 Å². The highest BCUT2D eigenvalue weighted by Gasteiger charge is 2.46. The molecule has 3 aliphatic heterocycles. The van der Waals surface area contributed by atoms with Gasteiger partial charge >= 0.3 is 12.1 Å². The van der Waals surface area contributed by atoms with Crippen LogP contribution in [-0.2, 0) is 94.0 Å². The van der Waals surface area contributed by atoms with Crippen LogP contribution in [-0.4, -0.2) is 270 Å². The maximum Gasteiger partial charge on any atom is 0.407 e. The molecule has 5 aromatic rings. The summed E-state index contributed by atoms with van der Waals surface area (Å²) in [7, 11) is 12.4. The predicted octanol–water partition coefficient (Wildman–Crippen LogP) is -0.0252. The molecule has 5 N–H and O–H groups in total. The summed E-state index contributed by atoms with van der Waals surface area (Å²) >= 11 is 0. The van der Waals surface area contributed by atoms with Gasteiger partial charge in [0.05, 0.1) is 105 Å². The monoisotopic (exact) mass is 1450 g/mol. The molecule has 9 rings (SSSR count). The maximum atomic E-state index is 15.5. The molecule has 1 fully saturated rings. The minimum Gasteiger partial charge on any atom is -0.458 e. The Kier molecular flexibility index (Phi) is 24.2. The molecule has 1 aliphatic carbocycles. The van der Waals surface area contributed by atoms with Crippen LogP contribution in [0.1, 0.15) is 94.9 Å². The smallest absolute Gasteiger partial charge is 0.407 e. The van der Waals surface area contributed by atoms with E-state index in [1.165, 1.54) is 102 Å². The van der Waals surface area contributed by atoms with Gasteiger partial charge in [0, 0.05) is 97.4 Å². The molecule has 105 heavy (non-hydrogen) atoms. The molecule has 0 unspecified atom stereocenters. The highest BCUT2D eigenvalue weighted by atomic mass is 19.1. The molecule has 34 heteroatoms. The molecule has 4 atom stereocenters. The highest BCUT2D eigenvalue weighted by Crippen LogP contribution is 2.46. The van der Waals surface area contributed by atoms with Crippen LogP contribution in [0, 0.1) is 12.7 Å². The van der Waals surface area contributed by atoms with E-state index in [4.69, 9.17) is 14.5 Å². The summed E-state index contributed by atoms with van der Waals surface area (Å²) in [4.78, 5) is 205. The van der Waals surface area contributed by atoms with Crippen LogP contribution in [0.5, 0.6) is 0 Å². The lowest BCUT2D eigenvalue weighted by Crippen LogP contribution is -2.51. The van der Waals surface area contributed by atoms with Crippen molar-refractivity contribution >= 4 is 99.3 Å². The number of likely N-dealkylation sites (tertiary alicyclic amines) is 1. The molecular formula is C71H87FN16O17. The third-order valence-corrected chi connectivity index (χ3v) is 19.5. The van der Waals surface area contributed by atoms with Crippen molar-refractivity contribution in [2.75, 3.05) is 133 Å². The number of amides is 12. The normalized spacial score (nSPS) is 16.2. The van der Waals surface area contributed by atoms with E-state index in [1.807, 2.05) is 0 Å². The van der Waals surface area contributed by atoms with Gasteiger partial charge in [0.25, 0.3) is 11.5 Å². The maximum absolute atomic E-state index is 15.5. The summed E-state index contributed by atoms with van der Waals surface area (Å²) in [5.74, 6) is -7.79. The van der Waals surface area contributed by atoms with Crippen molar-refractivity contribution in [2.24, 2.45) is 0 Å². The molecule has 3 aromatic heterocycles. The summed E-state index contributed by atoms with van der Waals surface area (Å²) in [6.45, 7) is 1.44. The zero-order valence-corrected chi connectivity index (χ0v) is 60.7. The molecule has 2 aromatic carbocycles. The Morgan fingerprint density at radius 3 is 1.84 bits per heavy atom. The van der Waals surface area contributed by atoms with Gasteiger partial charge in [0.15, 0.2) is 5.60 Å². The number of nitrogens with one attached hydrogen (secondary N) is 4. The predicted molar refractivity (Wildman–Crippen MR) is 375 cm³/mol. The number of likely N-dealkylation sites (N-methyl/N-ethyl adjacent to an activating group) is 9. The van der Waals surface area contributed by atoms with Crippen molar-refractivity contribution in [1.29, 1.82) is 0 Å². The molecule has 1 saturated heterocycles. The Morgan fingerprint density at radius 2 is 1.29 bits per heavy atom. The summed E-state index contributed by atoms with van der Waals surface area (Å²) < 4.78 is 27.9. The standard InChI is InChI=1S/C71H87FN16O17/c1-13-71(103)47-25-52-64-45(29-88(52)68(100)46(47)38-104-69(71)101)63-49(21-20-43-39(2)48(72)26-50(77-64)62(43)63)78-70(102)105-37-41-16-18-42(19-17-41)76-66(98)51-15-14-24-87(51)67(99)40(3)75-65(97)44-22-23-74-27-53(44)86(12)61(96)36-85(11)60(95)35-84(10)59(94)34-83(9)58(93)33-82(8)57(92)32-81(7)56(91)31-80(6)55(90)30-79(5)54(89)28-73-4/h16-19,22-23,25-27,40,49,51,73,103H,13-15,20-21,24,28-38H2,1-12H3,(H,75,97)(H,76,98)(H,78,102)/t40-,49+,51+,71+/m1/s1. The molecular weight excluding hydrogens is 1370 g/mol. The number of anilines is 2. The molecule has 33 nitrogen and oxygen atoms in total. The lowest BCUT2D eigenvalue weighted by atomic mass is 9.81. The number of aryl methyl sites for hydroxylation is 1. The number of hydrogen-bond donors (Lipinski definition) is 5. The molecule has 0 saturated carbocycles. The van der Waals surface area contributed by atoms with Gasteiger partial charge < -0.3 is 84.5 Å². The minimum absolute atomic E-state index is 0.0227. The fourth-order valence-electron chi connectivity index (χ4n) is 13.0. The number of fused-ring (bicyclic) bond motifs is 5. The van der Waals surface area contributed by atoms with Crippen molar-refractivity contribution in [2.45, 2.75) is 96.4 Å². The van der Waals surface area contributed by atoms with Crippen LogP contribution in [0.15, 0.2) is 59.7 Å². The van der Waals surface area contributed by atoms with E-state index in [0.717, 1.165) is 39.9 Å². The first kappa shape index (κ1) is 77.9. The van der Waals surface area contributed by atoms with Crippen LogP contribution in [0.2, 0.25) is 0 Å². The Bertz CT molecular complexity index is 4420. The van der Waals surface area contributed by atoms with Gasteiger partial charge in [-0.2, -0.15) is 0 Å². The van der Waals surface area contributed by atoms with E-state index in [9.17, 15) is 72.2 Å². The number of benzene rings is 2. The summed E-state index contributed by atoms with van der Waals surface area (Å²) in [6, 6.07) is 8.01. The topological polar surface area (TPSA) is 386 Å². The van der Waals surface area contributed by atoms with Crippen LogP contribution in [0.4, 0.5) is 20.6 Å². The minimum atomic E-state index is -2.06. The number of ether oxygens (including phenoxy) is 2. The number of cyclic esters (lactones) is 1. The van der Waals surface area contributed by atoms with Gasteiger partial charge in [-0.15, -0.1) is 0 Å². The molecule has 0 bridgehead atoms. The van der Waals surface area contributed by atoms with E-state index < -0.39 is 139 Å². The first-order valence-electron chi connectivity index (χ1n) is 34.0. The second-order valence-corrected chi connectivity index (χ2v) is 26.8. The number of aromatic nitrogens is 3. The number of rotatable bonds is 26. The van der Waals surface area contributed by atoms with E-state index >= 15 is 4.39 Å². The average Bonchev–Trinajstić information content (AvgIpc) is 1.59. The zero-order chi connectivity index (χ0) is 76.8. The number of halogens is 1. The average molecular weight is 1460 g/mol. The second-order valence-electron chi connectivity index (χ2n) is 26.8. The zero-order valence-electron chi connectivity index (χ0n) is 60.7. The summed E-state index contributed by atoms with van der Waals surface area (Å²) in [6.07, 6.45) is 3.30. The van der Waals surface area contributed by atoms with Gasteiger partial charge in [-0.05, 0) is 99.5 Å². The van der Waals surface area contributed by atoms with E-state index in [0.29, 0.717) is 75.9 Å². The van der Waals surface area contributed by atoms with Crippen molar-refractivity contribution in [1.82, 2.24) is 69.7 Å². The van der Waals surface area contributed by atoms with Crippen LogP contribution in [0.3, 0.4) is 0 Å². The van der Waals surface area contributed by atoms with Gasteiger partial charge in [-0.3, -0.25) is 62.5 Å². The molecule has 6 heterocycles. The second kappa shape index (κ2) is 32.6. The number of alkyl carbamates (subject to hydrolysis) is 1. The van der Waals surface area contributed by atoms with Crippen LogP contribution >= 0.6 is 0 Å². The van der Waals surface area contributed by atoms with Crippen molar-refractivity contribution in [3.05, 3.63) is 116 Å². The lowest BCUT2D eigenvalue weighted by Gasteiger charge is -2.31. The fourth-order valence-corrected chi connectivity index (χ4v) is 13.0. The lowest BCUT2D eigenvalue weighted by molar-refractivity contribution is -0.172. The first-order valence-corrected chi connectivity index (χ1v) is 34.0. The Morgan fingerprint density at radius 1 is 0.733 bits per heavy atom. The Hall–Kier alpha value is -11.3. The summed E-state index contributed by atoms with van der Waals surface area (Å²) in [5, 5.41) is 23.3. The first-order chi connectivity index (χ1) is 49.7. The molecule has 0 spiro atoms. The summed E-state index contributed by atoms with van der Waals surface area (Å²) in [5.41, 5.74) is 2.07. The number of nitrogens with zero attached hydrogens (tertiary/aromatic N) is 12. The van der Waals surface area contributed by atoms with Gasteiger partial charge in [0.2, 0.25) is 59.1 Å². The van der Waals surface area contributed by atoms with Crippen LogP contribution in [0.25, 0.3) is 22.3 Å². The SMILES string of the molecule is CC[C@@]1(O)C(=O)OCc2c1cc1n(c2=O)Cc2c-1nc1cc(F)c(C)c3c1c2[C@@H](NC(=O)OCc1ccc(NC(=O)[C@@H]2CCCN2C(=O)[C@@H](C)NC(=O)c2ccncc2N(C)C(=O)CN(C)C(=O)CN(C)C(=O)CN(C)C(=O)CN(C)C(=O)CN(C)C(=O)CN(C)C(=O)CN(C)C(=O)CNC)cc1)CC3. The Balaban J connectivity index is 0.720. The van der Waals surface area contributed by atoms with Gasteiger partial charge in [-0.25, -0.2) is 19.0 Å². The molecule has 4 aliphatic rings. The number of carbonyl (C=O) groups is 13. The molecule has 560 valence electrons. The largest absolute Gasteiger partial charge is 0.458 e. The van der Waals surface area contributed by atoms with Crippen molar-refractivity contribution in [3.8, 4) is 11.4 Å². The number of aliphatic hydroxyl groups is 1. The van der Waals surface area contributed by atoms with Crippen LogP contribution < -0.4 is 31.7 Å². The third kappa shape index (κ3) is 16.9. The van der Waals surface area contributed by atoms with Gasteiger partial charge in [-0.1, -0.05) is 19.1 Å². The van der Waals surface area contributed by atoms with E-state index in [-0.39, 0.29) is 80.6 Å². The molecule has 12 amide bonds. The highest BCUT2D eigenvalue weighted by molar-refractivity contribution is 6.07.